The number of benzene rings is 1. The molecular formula is C14H14F3O7P. The molecule has 4 rings (SSSR count). The van der Waals surface area contributed by atoms with Crippen LogP contribution < -0.4 is 4.74 Å². The molecule has 1 aromatic rings. The molecule has 3 fully saturated rings. The highest BCUT2D eigenvalue weighted by Gasteiger charge is 2.55. The number of ether oxygens (including phenoxy) is 2. The van der Waals surface area contributed by atoms with Crippen molar-refractivity contribution in [2.24, 2.45) is 5.41 Å². The van der Waals surface area contributed by atoms with Gasteiger partial charge < -0.3 is 9.47 Å². The Morgan fingerprint density at radius 1 is 1.16 bits per heavy atom. The van der Waals surface area contributed by atoms with Crippen LogP contribution in [-0.4, -0.2) is 39.0 Å². The van der Waals surface area contributed by atoms with Crippen LogP contribution in [0.1, 0.15) is 5.56 Å². The normalized spacial score (nSPS) is 28.6. The summed E-state index contributed by atoms with van der Waals surface area (Å²) in [4.78, 5) is 12.1. The summed E-state index contributed by atoms with van der Waals surface area (Å²) < 4.78 is 74.2. The number of esters is 1. The minimum Gasteiger partial charge on any atom is -0.490 e. The lowest BCUT2D eigenvalue weighted by Gasteiger charge is -2.41. The van der Waals surface area contributed by atoms with Crippen LogP contribution in [0.3, 0.4) is 0 Å². The fourth-order valence-electron chi connectivity index (χ4n) is 2.23. The molecule has 0 radical (unpaired) electrons. The first kappa shape index (κ1) is 18.2. The van der Waals surface area contributed by atoms with Crippen LogP contribution in [0.15, 0.2) is 24.3 Å². The zero-order valence-corrected chi connectivity index (χ0v) is 13.7. The summed E-state index contributed by atoms with van der Waals surface area (Å²) in [5.41, 5.74) is -2.02. The first-order valence-electron chi connectivity index (χ1n) is 7.24. The zero-order valence-electron chi connectivity index (χ0n) is 12.8. The minimum atomic E-state index is -4.47. The van der Waals surface area contributed by atoms with Gasteiger partial charge in [-0.15, -0.1) is 0 Å². The summed E-state index contributed by atoms with van der Waals surface area (Å²) >= 11 is 0. The Kier molecular flexibility index (Phi) is 4.80. The van der Waals surface area contributed by atoms with E-state index in [1.807, 2.05) is 0 Å². The van der Waals surface area contributed by atoms with Crippen molar-refractivity contribution in [2.75, 3.05) is 33.0 Å². The average molecular weight is 382 g/mol. The maximum Gasteiger partial charge on any atom is 0.474 e. The van der Waals surface area contributed by atoms with Crippen LogP contribution in [0.4, 0.5) is 13.2 Å². The molecular weight excluding hydrogens is 368 g/mol. The van der Waals surface area contributed by atoms with E-state index in [9.17, 15) is 22.5 Å². The van der Waals surface area contributed by atoms with Crippen molar-refractivity contribution in [3.63, 3.8) is 0 Å². The Hall–Kier alpha value is -1.61. The Bertz CT molecular complexity index is 675. The number of halogens is 3. The molecule has 0 N–H and O–H groups in total. The molecule has 7 nitrogen and oxygen atoms in total. The molecule has 3 aliphatic rings. The molecule has 2 bridgehead atoms. The third kappa shape index (κ3) is 3.98. The average Bonchev–Trinajstić information content (AvgIpc) is 2.59. The van der Waals surface area contributed by atoms with Gasteiger partial charge >= 0.3 is 20.0 Å². The molecule has 25 heavy (non-hydrogen) atoms. The Morgan fingerprint density at radius 3 is 2.40 bits per heavy atom. The van der Waals surface area contributed by atoms with E-state index in [4.69, 9.17) is 23.0 Å². The highest BCUT2D eigenvalue weighted by Crippen LogP contribution is 2.60. The number of phosphoric ester groups is 1. The van der Waals surface area contributed by atoms with E-state index < -0.39 is 30.9 Å². The topological polar surface area (TPSA) is 80.3 Å². The summed E-state index contributed by atoms with van der Waals surface area (Å²) in [6, 6.07) is 4.37. The van der Waals surface area contributed by atoms with Crippen molar-refractivity contribution in [3.8, 4) is 5.75 Å². The van der Waals surface area contributed by atoms with Crippen molar-refractivity contribution in [1.29, 1.82) is 0 Å². The number of hydrogen-bond donors (Lipinski definition) is 0. The smallest absolute Gasteiger partial charge is 0.474 e. The molecule has 0 saturated carbocycles. The monoisotopic (exact) mass is 382 g/mol. The quantitative estimate of drug-likeness (QED) is 0.440. The van der Waals surface area contributed by atoms with E-state index in [0.29, 0.717) is 0 Å². The van der Waals surface area contributed by atoms with Gasteiger partial charge in [0.05, 0.1) is 25.4 Å². The van der Waals surface area contributed by atoms with Gasteiger partial charge in [-0.2, -0.15) is 13.2 Å². The summed E-state index contributed by atoms with van der Waals surface area (Å²) in [7, 11) is -3.53. The number of rotatable bonds is 5. The van der Waals surface area contributed by atoms with Crippen molar-refractivity contribution < 1.29 is 45.6 Å². The van der Waals surface area contributed by atoms with Crippen LogP contribution >= 0.6 is 7.82 Å². The van der Waals surface area contributed by atoms with Gasteiger partial charge in [-0.05, 0) is 18.2 Å². The predicted molar refractivity (Wildman–Crippen MR) is 75.8 cm³/mol. The number of phosphoric acid groups is 1. The van der Waals surface area contributed by atoms with E-state index in [1.165, 1.54) is 12.1 Å². The molecule has 3 aliphatic heterocycles. The first-order valence-corrected chi connectivity index (χ1v) is 8.70. The number of carbonyl (C=O) groups is 1. The van der Waals surface area contributed by atoms with Crippen molar-refractivity contribution in [2.45, 2.75) is 6.18 Å². The number of fused-ring (bicyclic) bond motifs is 3. The molecule has 0 amide bonds. The Morgan fingerprint density at radius 2 is 1.80 bits per heavy atom. The highest BCUT2D eigenvalue weighted by molar-refractivity contribution is 7.48. The van der Waals surface area contributed by atoms with E-state index in [1.54, 1.807) is 0 Å². The molecule has 0 spiro atoms. The third-order valence-electron chi connectivity index (χ3n) is 3.68. The molecule has 3 saturated heterocycles. The summed E-state index contributed by atoms with van der Waals surface area (Å²) in [6.07, 6.45) is -4.47. The van der Waals surface area contributed by atoms with Crippen LogP contribution in [0.2, 0.25) is 0 Å². The first-order chi connectivity index (χ1) is 11.7. The van der Waals surface area contributed by atoms with Gasteiger partial charge in [0.1, 0.15) is 24.4 Å². The molecule has 0 aliphatic carbocycles. The van der Waals surface area contributed by atoms with Gasteiger partial charge in [0.25, 0.3) is 0 Å². The number of hydrogen-bond acceptors (Lipinski definition) is 7. The van der Waals surface area contributed by atoms with Gasteiger partial charge in [-0.25, -0.2) is 4.57 Å². The Balaban J connectivity index is 1.48. The Labute approximate surface area is 140 Å². The second-order valence-electron chi connectivity index (χ2n) is 5.56. The van der Waals surface area contributed by atoms with Crippen LogP contribution in [0.5, 0.6) is 5.75 Å². The minimum absolute atomic E-state index is 0.00954. The van der Waals surface area contributed by atoms with Gasteiger partial charge in [0.15, 0.2) is 0 Å². The lowest BCUT2D eigenvalue weighted by molar-refractivity contribution is -0.177. The van der Waals surface area contributed by atoms with Gasteiger partial charge in [0.2, 0.25) is 0 Å². The molecule has 0 aromatic heterocycles. The second kappa shape index (κ2) is 6.60. The number of carbonyl (C=O) groups excluding carboxylic acids is 1. The highest BCUT2D eigenvalue weighted by atomic mass is 31.2. The standard InChI is InChI=1S/C14H14F3O7P/c15-14(16,17)10-2-1-3-11(6-10)20-4-5-21-12(18)13-7-22-25(19,23-8-13)24-9-13/h1-3,6H,4-5,7-9H2. The predicted octanol–water partition coefficient (Wildman–Crippen LogP) is 2.80. The summed E-state index contributed by atoms with van der Waals surface area (Å²) in [6.45, 7) is -0.745. The van der Waals surface area contributed by atoms with Gasteiger partial charge in [0, 0.05) is 0 Å². The van der Waals surface area contributed by atoms with E-state index in [2.05, 4.69) is 0 Å². The maximum atomic E-state index is 12.6. The fraction of sp³-hybridized carbons (Fsp3) is 0.500. The van der Waals surface area contributed by atoms with Crippen LogP contribution in [0.25, 0.3) is 0 Å². The number of alkyl halides is 3. The van der Waals surface area contributed by atoms with Crippen molar-refractivity contribution >= 4 is 13.8 Å². The fourth-order valence-corrected chi connectivity index (χ4v) is 3.67. The van der Waals surface area contributed by atoms with Crippen LogP contribution in [-0.2, 0) is 33.8 Å². The largest absolute Gasteiger partial charge is 0.490 e. The second-order valence-corrected chi connectivity index (χ2v) is 7.23. The van der Waals surface area contributed by atoms with E-state index in [-0.39, 0.29) is 38.8 Å². The summed E-state index contributed by atoms with van der Waals surface area (Å²) in [5.74, 6) is -0.665. The molecule has 11 heteroatoms. The molecule has 0 atom stereocenters. The molecule has 0 unspecified atom stereocenters. The van der Waals surface area contributed by atoms with E-state index in [0.717, 1.165) is 12.1 Å². The van der Waals surface area contributed by atoms with Crippen molar-refractivity contribution in [1.82, 2.24) is 0 Å². The SMILES string of the molecule is O=C(OCCOc1cccc(C(F)(F)F)c1)C12COP(=O)(OC1)OC2. The zero-order chi connectivity index (χ0) is 18.1. The summed E-state index contributed by atoms with van der Waals surface area (Å²) in [5, 5.41) is 0. The lowest BCUT2D eigenvalue weighted by atomic mass is 9.91. The molecule has 1 aromatic carbocycles. The van der Waals surface area contributed by atoms with Crippen molar-refractivity contribution in [3.05, 3.63) is 29.8 Å². The maximum absolute atomic E-state index is 12.6. The molecule has 138 valence electrons. The van der Waals surface area contributed by atoms with Gasteiger partial charge in [-0.3, -0.25) is 18.4 Å². The van der Waals surface area contributed by atoms with Gasteiger partial charge in [-0.1, -0.05) is 6.07 Å². The lowest BCUT2D eigenvalue weighted by Crippen LogP contribution is -2.51. The third-order valence-corrected chi connectivity index (χ3v) is 5.01. The van der Waals surface area contributed by atoms with Crippen LogP contribution in [0, 0.1) is 5.41 Å². The molecule has 3 heterocycles. The van der Waals surface area contributed by atoms with E-state index >= 15 is 0 Å².